The molecule has 0 bridgehead atoms. The van der Waals surface area contributed by atoms with Gasteiger partial charge in [0.25, 0.3) is 0 Å². The number of hydrogen-bond donors (Lipinski definition) is 2. The average Bonchev–Trinajstić information content (AvgIpc) is 2.95. The minimum Gasteiger partial charge on any atom is -0.392 e. The number of sulfonamides is 1. The number of rotatable bonds is 5. The number of aromatic nitrogens is 1. The zero-order valence-electron chi connectivity index (χ0n) is 9.58. The van der Waals surface area contributed by atoms with E-state index in [0.29, 0.717) is 5.56 Å². The van der Waals surface area contributed by atoms with Crippen LogP contribution in [0.25, 0.3) is 0 Å². The Labute approximate surface area is 113 Å². The highest BCUT2D eigenvalue weighted by Gasteiger charge is 2.17. The van der Waals surface area contributed by atoms with E-state index >= 15 is 0 Å². The first-order chi connectivity index (χ1) is 8.53. The Balaban J connectivity index is 2.10. The second kappa shape index (κ2) is 5.45. The summed E-state index contributed by atoms with van der Waals surface area (Å²) in [5.41, 5.74) is 3.13. The molecule has 0 fully saturated rings. The van der Waals surface area contributed by atoms with Crippen molar-refractivity contribution >= 4 is 32.7 Å². The van der Waals surface area contributed by atoms with Crippen LogP contribution in [0.15, 0.2) is 21.2 Å². The quantitative estimate of drug-likeness (QED) is 0.877. The second-order valence-corrected chi connectivity index (χ2v) is 7.46. The second-order valence-electron chi connectivity index (χ2n) is 3.62. The molecule has 2 aromatic rings. The molecule has 0 atom stereocenters. The van der Waals surface area contributed by atoms with Crippen molar-refractivity contribution in [2.45, 2.75) is 24.3 Å². The van der Waals surface area contributed by atoms with E-state index in [-0.39, 0.29) is 17.4 Å². The molecule has 0 aromatic carbocycles. The van der Waals surface area contributed by atoms with E-state index in [2.05, 4.69) is 9.71 Å². The topological polar surface area (TPSA) is 79.3 Å². The fraction of sp³-hybridized carbons (Fsp3) is 0.300. The lowest BCUT2D eigenvalue weighted by Crippen LogP contribution is -2.22. The van der Waals surface area contributed by atoms with Crippen molar-refractivity contribution in [3.05, 3.63) is 33.1 Å². The highest BCUT2D eigenvalue weighted by atomic mass is 32.2. The van der Waals surface area contributed by atoms with Gasteiger partial charge in [-0.3, -0.25) is 0 Å². The maximum absolute atomic E-state index is 12.0. The molecule has 0 aliphatic heterocycles. The molecule has 0 unspecified atom stereocenters. The molecule has 0 aliphatic carbocycles. The summed E-state index contributed by atoms with van der Waals surface area (Å²) in [6.07, 6.45) is 0. The number of nitrogens with zero attached hydrogens (tertiary/aromatic N) is 1. The molecule has 0 saturated heterocycles. The summed E-state index contributed by atoms with van der Waals surface area (Å²) in [7, 11) is -3.51. The van der Waals surface area contributed by atoms with E-state index in [1.165, 1.54) is 17.4 Å². The zero-order chi connectivity index (χ0) is 13.2. The fourth-order valence-corrected chi connectivity index (χ4v) is 4.35. The number of aliphatic hydroxyl groups excluding tert-OH is 1. The lowest BCUT2D eigenvalue weighted by atomic mass is 10.4. The van der Waals surface area contributed by atoms with Gasteiger partial charge in [-0.2, -0.15) is 0 Å². The summed E-state index contributed by atoms with van der Waals surface area (Å²) in [5, 5.41) is 10.5. The molecule has 2 aromatic heterocycles. The molecule has 0 saturated carbocycles. The molecule has 2 N–H and O–H groups in total. The van der Waals surface area contributed by atoms with Crippen molar-refractivity contribution in [1.29, 1.82) is 0 Å². The summed E-state index contributed by atoms with van der Waals surface area (Å²) < 4.78 is 26.7. The van der Waals surface area contributed by atoms with Crippen LogP contribution in [-0.2, 0) is 23.2 Å². The van der Waals surface area contributed by atoms with Gasteiger partial charge in [-0.25, -0.2) is 18.1 Å². The van der Waals surface area contributed by atoms with Crippen molar-refractivity contribution < 1.29 is 13.5 Å². The summed E-state index contributed by atoms with van der Waals surface area (Å²) in [5.74, 6) is 0. The van der Waals surface area contributed by atoms with E-state index in [1.54, 1.807) is 10.9 Å². The van der Waals surface area contributed by atoms with Crippen LogP contribution < -0.4 is 4.72 Å². The largest absolute Gasteiger partial charge is 0.392 e. The van der Waals surface area contributed by atoms with Crippen LogP contribution in [0.2, 0.25) is 0 Å². The summed E-state index contributed by atoms with van der Waals surface area (Å²) >= 11 is 2.52. The summed E-state index contributed by atoms with van der Waals surface area (Å²) in [6.45, 7) is 1.93. The third kappa shape index (κ3) is 2.96. The number of thiophene rings is 1. The number of aryl methyl sites for hydroxylation is 1. The Hall–Kier alpha value is -0.800. The molecular weight excluding hydrogens is 292 g/mol. The van der Waals surface area contributed by atoms with Gasteiger partial charge >= 0.3 is 0 Å². The zero-order valence-corrected chi connectivity index (χ0v) is 12.0. The maximum Gasteiger partial charge on any atom is 0.250 e. The van der Waals surface area contributed by atoms with Crippen LogP contribution in [0.5, 0.6) is 0 Å². The third-order valence-corrected chi connectivity index (χ3v) is 6.17. The van der Waals surface area contributed by atoms with Crippen molar-refractivity contribution in [2.75, 3.05) is 0 Å². The van der Waals surface area contributed by atoms with Crippen LogP contribution in [0.3, 0.4) is 0 Å². The molecule has 2 heterocycles. The van der Waals surface area contributed by atoms with Gasteiger partial charge < -0.3 is 5.11 Å². The van der Waals surface area contributed by atoms with Crippen LogP contribution in [0, 0.1) is 6.92 Å². The molecule has 8 heteroatoms. The number of nitrogens with one attached hydrogen (secondary N) is 1. The highest BCUT2D eigenvalue weighted by molar-refractivity contribution is 7.91. The van der Waals surface area contributed by atoms with Gasteiger partial charge in [0.2, 0.25) is 10.0 Å². The van der Waals surface area contributed by atoms with Crippen LogP contribution in [0.4, 0.5) is 0 Å². The Bertz CT molecular complexity index is 630. The molecular formula is C10H12N2O3S3. The number of aliphatic hydroxyl groups is 1. The smallest absolute Gasteiger partial charge is 0.250 e. The predicted octanol–water partition coefficient (Wildman–Crippen LogP) is 1.48. The van der Waals surface area contributed by atoms with Gasteiger partial charge in [0, 0.05) is 11.4 Å². The Kier molecular flexibility index (Phi) is 4.13. The monoisotopic (exact) mass is 304 g/mol. The summed E-state index contributed by atoms with van der Waals surface area (Å²) in [6, 6.07) is 1.48. The Morgan fingerprint density at radius 3 is 2.78 bits per heavy atom. The molecule has 18 heavy (non-hydrogen) atoms. The highest BCUT2D eigenvalue weighted by Crippen LogP contribution is 2.21. The Morgan fingerprint density at radius 1 is 1.44 bits per heavy atom. The predicted molar refractivity (Wildman–Crippen MR) is 71.1 cm³/mol. The van der Waals surface area contributed by atoms with Crippen molar-refractivity contribution in [3.8, 4) is 0 Å². The molecule has 0 amide bonds. The first-order valence-electron chi connectivity index (χ1n) is 5.10. The first-order valence-corrected chi connectivity index (χ1v) is 8.34. The number of thiazole rings is 1. The van der Waals surface area contributed by atoms with E-state index in [1.807, 2.05) is 6.92 Å². The molecule has 0 radical (unpaired) electrons. The van der Waals surface area contributed by atoms with E-state index < -0.39 is 10.0 Å². The maximum atomic E-state index is 12.0. The summed E-state index contributed by atoms with van der Waals surface area (Å²) in [4.78, 5) is 4.96. The standard InChI is InChI=1S/C10H12N2O3S3/c1-7-9(17-6-11-7)3-12-18(14,15)10-2-8(4-13)5-16-10/h2,5-6,12-13H,3-4H2,1H3. The first kappa shape index (κ1) is 13.6. The van der Waals surface area contributed by atoms with Gasteiger partial charge in [-0.15, -0.1) is 22.7 Å². The van der Waals surface area contributed by atoms with Gasteiger partial charge in [0.1, 0.15) is 4.21 Å². The van der Waals surface area contributed by atoms with Gasteiger partial charge in [-0.1, -0.05) is 0 Å². The van der Waals surface area contributed by atoms with Crippen molar-refractivity contribution in [3.63, 3.8) is 0 Å². The van der Waals surface area contributed by atoms with Crippen LogP contribution in [-0.4, -0.2) is 18.5 Å². The fourth-order valence-electron chi connectivity index (χ4n) is 1.30. The van der Waals surface area contributed by atoms with Crippen LogP contribution in [0.1, 0.15) is 16.1 Å². The van der Waals surface area contributed by atoms with E-state index in [4.69, 9.17) is 5.11 Å². The van der Waals surface area contributed by atoms with Gasteiger partial charge in [0.05, 0.1) is 17.8 Å². The minimum atomic E-state index is -3.51. The van der Waals surface area contributed by atoms with Gasteiger partial charge in [0.15, 0.2) is 0 Å². The van der Waals surface area contributed by atoms with Crippen LogP contribution >= 0.6 is 22.7 Å². The van der Waals surface area contributed by atoms with Crippen molar-refractivity contribution in [1.82, 2.24) is 9.71 Å². The van der Waals surface area contributed by atoms with Crippen molar-refractivity contribution in [2.24, 2.45) is 0 Å². The van der Waals surface area contributed by atoms with Gasteiger partial charge in [-0.05, 0) is 23.9 Å². The molecule has 5 nitrogen and oxygen atoms in total. The number of hydrogen-bond acceptors (Lipinski definition) is 6. The average molecular weight is 304 g/mol. The normalized spacial score (nSPS) is 11.9. The molecule has 2 rings (SSSR count). The Morgan fingerprint density at radius 2 is 2.22 bits per heavy atom. The van der Waals surface area contributed by atoms with E-state index in [0.717, 1.165) is 21.9 Å². The molecule has 98 valence electrons. The lowest BCUT2D eigenvalue weighted by Gasteiger charge is -2.03. The third-order valence-electron chi connectivity index (χ3n) is 2.34. The van der Waals surface area contributed by atoms with E-state index in [9.17, 15) is 8.42 Å². The minimum absolute atomic E-state index is 0.153. The molecule has 0 aliphatic rings. The SMILES string of the molecule is Cc1ncsc1CNS(=O)(=O)c1cc(CO)cs1. The molecule has 0 spiro atoms. The lowest BCUT2D eigenvalue weighted by molar-refractivity contribution is 0.282.